The van der Waals surface area contributed by atoms with E-state index in [4.69, 9.17) is 0 Å². The number of hydrogen-bond acceptors (Lipinski definition) is 5. The number of nitrogens with one attached hydrogen (secondary N) is 2. The fraction of sp³-hybridized carbons (Fsp3) is 0.688. The maximum Gasteiger partial charge on any atom is 0.325 e. The van der Waals surface area contributed by atoms with Gasteiger partial charge in [-0.25, -0.2) is 13.2 Å². The molecule has 144 valence electrons. The predicted molar refractivity (Wildman–Crippen MR) is 94.2 cm³/mol. The lowest BCUT2D eigenvalue weighted by Gasteiger charge is -2.31. The fourth-order valence-electron chi connectivity index (χ4n) is 3.66. The minimum Gasteiger partial charge on any atom is -0.343 e. The van der Waals surface area contributed by atoms with Crippen LogP contribution in [0.1, 0.15) is 38.5 Å². The lowest BCUT2D eigenvalue weighted by atomic mass is 9.94. The molecule has 0 aromatic carbocycles. The van der Waals surface area contributed by atoms with Gasteiger partial charge in [-0.3, -0.25) is 14.6 Å². The summed E-state index contributed by atoms with van der Waals surface area (Å²) in [5, 5.41) is 0. The molecule has 3 heterocycles. The average molecular weight is 384 g/mol. The van der Waals surface area contributed by atoms with Gasteiger partial charge in [-0.1, -0.05) is 0 Å². The van der Waals surface area contributed by atoms with Gasteiger partial charge in [0, 0.05) is 38.8 Å². The second-order valence-electron chi connectivity index (χ2n) is 6.93. The van der Waals surface area contributed by atoms with Gasteiger partial charge in [0.15, 0.2) is 4.90 Å². The fourth-order valence-corrected chi connectivity index (χ4v) is 5.21. The number of piperidine rings is 1. The van der Waals surface area contributed by atoms with Crippen LogP contribution >= 0.6 is 0 Å². The quantitative estimate of drug-likeness (QED) is 0.732. The number of aromatic amines is 2. The number of hydrogen-bond donors (Lipinski definition) is 2. The van der Waals surface area contributed by atoms with Crippen LogP contribution in [0.2, 0.25) is 0 Å². The van der Waals surface area contributed by atoms with E-state index in [9.17, 15) is 22.8 Å². The Morgan fingerprint density at radius 3 is 2.58 bits per heavy atom. The molecule has 1 aromatic rings. The summed E-state index contributed by atoms with van der Waals surface area (Å²) in [5.41, 5.74) is -1.66. The number of aromatic nitrogens is 2. The molecule has 0 unspecified atom stereocenters. The summed E-state index contributed by atoms with van der Waals surface area (Å²) < 4.78 is 26.7. The lowest BCUT2D eigenvalue weighted by Crippen LogP contribution is -2.42. The van der Waals surface area contributed by atoms with E-state index in [2.05, 4.69) is 4.98 Å². The van der Waals surface area contributed by atoms with Crippen LogP contribution in [0, 0.1) is 5.92 Å². The molecule has 1 amide bonds. The second kappa shape index (κ2) is 7.75. The Morgan fingerprint density at radius 2 is 1.88 bits per heavy atom. The van der Waals surface area contributed by atoms with E-state index in [-0.39, 0.29) is 18.4 Å². The van der Waals surface area contributed by atoms with E-state index in [1.807, 2.05) is 9.88 Å². The van der Waals surface area contributed by atoms with Gasteiger partial charge in [-0.2, -0.15) is 4.31 Å². The minimum atomic E-state index is -3.97. The highest BCUT2D eigenvalue weighted by atomic mass is 32.2. The highest BCUT2D eigenvalue weighted by Crippen LogP contribution is 2.25. The summed E-state index contributed by atoms with van der Waals surface area (Å²) in [5.74, 6) is 0.228. The number of carbonyl (C=O) groups is 1. The van der Waals surface area contributed by atoms with Gasteiger partial charge in [0.2, 0.25) is 15.9 Å². The van der Waals surface area contributed by atoms with E-state index >= 15 is 0 Å². The Labute approximate surface area is 151 Å². The second-order valence-corrected chi connectivity index (χ2v) is 8.84. The van der Waals surface area contributed by atoms with E-state index in [1.54, 1.807) is 0 Å². The Hall–Kier alpha value is -1.94. The first-order valence-electron chi connectivity index (χ1n) is 8.98. The van der Waals surface area contributed by atoms with Crippen LogP contribution in [0.25, 0.3) is 0 Å². The van der Waals surface area contributed by atoms with Gasteiger partial charge in [-0.15, -0.1) is 0 Å². The Balaban J connectivity index is 1.64. The molecule has 2 fully saturated rings. The van der Waals surface area contributed by atoms with Gasteiger partial charge in [-0.05, 0) is 38.0 Å². The van der Waals surface area contributed by atoms with Crippen molar-refractivity contribution < 1.29 is 13.2 Å². The summed E-state index contributed by atoms with van der Waals surface area (Å²) in [6.07, 6.45) is 5.66. The third-order valence-corrected chi connectivity index (χ3v) is 6.98. The van der Waals surface area contributed by atoms with Crippen LogP contribution in [-0.2, 0) is 14.8 Å². The molecule has 26 heavy (non-hydrogen) atoms. The van der Waals surface area contributed by atoms with Crippen molar-refractivity contribution in [2.75, 3.05) is 26.2 Å². The molecular formula is C16H24N4O5S. The van der Waals surface area contributed by atoms with Crippen molar-refractivity contribution in [2.24, 2.45) is 5.92 Å². The summed E-state index contributed by atoms with van der Waals surface area (Å²) in [6.45, 7) is 2.25. The molecule has 2 aliphatic rings. The van der Waals surface area contributed by atoms with Gasteiger partial charge >= 0.3 is 5.69 Å². The number of nitrogens with zero attached hydrogens (tertiary/aromatic N) is 2. The van der Waals surface area contributed by atoms with Gasteiger partial charge in [0.1, 0.15) is 0 Å². The van der Waals surface area contributed by atoms with Crippen LogP contribution in [0.5, 0.6) is 0 Å². The third kappa shape index (κ3) is 4.07. The molecule has 2 saturated heterocycles. The zero-order chi connectivity index (χ0) is 18.7. The van der Waals surface area contributed by atoms with Crippen LogP contribution in [-0.4, -0.2) is 59.7 Å². The first-order chi connectivity index (χ1) is 12.4. The maximum absolute atomic E-state index is 12.7. The number of likely N-dealkylation sites (tertiary alicyclic amines) is 1. The highest BCUT2D eigenvalue weighted by Gasteiger charge is 2.32. The van der Waals surface area contributed by atoms with Crippen LogP contribution < -0.4 is 11.2 Å². The van der Waals surface area contributed by atoms with E-state index < -0.39 is 26.2 Å². The number of H-pyrrole nitrogens is 2. The summed E-state index contributed by atoms with van der Waals surface area (Å²) in [4.78, 5) is 40.7. The first-order valence-corrected chi connectivity index (χ1v) is 10.4. The Morgan fingerprint density at radius 1 is 1.15 bits per heavy atom. The largest absolute Gasteiger partial charge is 0.343 e. The van der Waals surface area contributed by atoms with Crippen LogP contribution in [0.3, 0.4) is 0 Å². The van der Waals surface area contributed by atoms with Gasteiger partial charge in [0.25, 0.3) is 5.56 Å². The Kier molecular flexibility index (Phi) is 5.61. The monoisotopic (exact) mass is 384 g/mol. The van der Waals surface area contributed by atoms with Gasteiger partial charge in [0.05, 0.1) is 0 Å². The predicted octanol–water partition coefficient (Wildman–Crippen LogP) is -0.133. The first kappa shape index (κ1) is 18.8. The average Bonchev–Trinajstić information content (AvgIpc) is 3.14. The lowest BCUT2D eigenvalue weighted by molar-refractivity contribution is -0.130. The van der Waals surface area contributed by atoms with E-state index in [1.165, 1.54) is 4.31 Å². The molecular weight excluding hydrogens is 360 g/mol. The van der Waals surface area contributed by atoms with Crippen molar-refractivity contribution in [2.45, 2.75) is 43.4 Å². The molecule has 0 radical (unpaired) electrons. The highest BCUT2D eigenvalue weighted by molar-refractivity contribution is 7.89. The summed E-state index contributed by atoms with van der Waals surface area (Å²) in [6, 6.07) is 0. The number of amides is 1. The van der Waals surface area contributed by atoms with Crippen molar-refractivity contribution in [3.63, 3.8) is 0 Å². The molecule has 0 saturated carbocycles. The number of sulfonamides is 1. The number of carbonyl (C=O) groups excluding carboxylic acids is 1. The molecule has 1 aromatic heterocycles. The molecule has 1 atom stereocenters. The third-order valence-electron chi connectivity index (χ3n) is 5.11. The van der Waals surface area contributed by atoms with Gasteiger partial charge < -0.3 is 9.88 Å². The van der Waals surface area contributed by atoms with Crippen molar-refractivity contribution >= 4 is 15.9 Å². The minimum absolute atomic E-state index is 0.0897. The van der Waals surface area contributed by atoms with Crippen molar-refractivity contribution in [1.82, 2.24) is 19.2 Å². The maximum atomic E-state index is 12.7. The Bertz CT molecular complexity index is 869. The zero-order valence-corrected chi connectivity index (χ0v) is 15.4. The van der Waals surface area contributed by atoms with E-state index in [0.29, 0.717) is 25.8 Å². The van der Waals surface area contributed by atoms with E-state index in [0.717, 1.165) is 38.5 Å². The molecule has 2 N–H and O–H groups in total. The van der Waals surface area contributed by atoms with Crippen molar-refractivity contribution in [1.29, 1.82) is 0 Å². The summed E-state index contributed by atoms with van der Waals surface area (Å²) >= 11 is 0. The molecule has 0 spiro atoms. The molecule has 3 rings (SSSR count). The van der Waals surface area contributed by atoms with Crippen LogP contribution in [0.15, 0.2) is 20.7 Å². The number of rotatable bonds is 5. The SMILES string of the molecule is O=C(CC[C@H]1CCCN(S(=O)(=O)c2c[nH]c(=O)[nH]c2=O)C1)N1CCCC1. The summed E-state index contributed by atoms with van der Waals surface area (Å²) in [7, 11) is -3.97. The standard InChI is InChI=1S/C16H24N4O5S/c21-14(19-7-1-2-8-19)6-5-12-4-3-9-20(11-12)26(24,25)13-10-17-16(23)18-15(13)22/h10,12H,1-9,11H2,(H2,17,18,22,23)/t12-/m1/s1. The molecule has 9 nitrogen and oxygen atoms in total. The smallest absolute Gasteiger partial charge is 0.325 e. The topological polar surface area (TPSA) is 123 Å². The molecule has 2 aliphatic heterocycles. The van der Waals surface area contributed by atoms with Crippen molar-refractivity contribution in [3.05, 3.63) is 27.0 Å². The van der Waals surface area contributed by atoms with Crippen molar-refractivity contribution in [3.8, 4) is 0 Å². The molecule has 10 heteroatoms. The molecule has 0 aliphatic carbocycles. The van der Waals surface area contributed by atoms with Crippen LogP contribution in [0.4, 0.5) is 0 Å². The molecule has 0 bridgehead atoms. The normalized spacial score (nSPS) is 21.8. The zero-order valence-electron chi connectivity index (χ0n) is 14.6.